The molecular weight excluding hydrogens is 246 g/mol. The van der Waals surface area contributed by atoms with Gasteiger partial charge in [0.15, 0.2) is 5.69 Å². The maximum Gasteiger partial charge on any atom is 0.294 e. The van der Waals surface area contributed by atoms with Crippen molar-refractivity contribution in [3.8, 4) is 0 Å². The van der Waals surface area contributed by atoms with Gasteiger partial charge in [0.2, 0.25) is 5.91 Å². The number of allylic oxidation sites excluding steroid dienone is 1. The first kappa shape index (κ1) is 13.3. The number of carbonyl (C=O) groups is 2. The molecule has 0 aromatic carbocycles. The summed E-state index contributed by atoms with van der Waals surface area (Å²) in [5.74, 6) is 0.222. The van der Waals surface area contributed by atoms with Crippen molar-refractivity contribution in [2.75, 3.05) is 13.1 Å². The molecule has 0 bridgehead atoms. The van der Waals surface area contributed by atoms with E-state index in [9.17, 15) is 9.59 Å². The van der Waals surface area contributed by atoms with Gasteiger partial charge < -0.3 is 4.52 Å². The van der Waals surface area contributed by atoms with E-state index in [2.05, 4.69) is 11.7 Å². The van der Waals surface area contributed by atoms with Crippen molar-refractivity contribution in [1.82, 2.24) is 15.2 Å². The van der Waals surface area contributed by atoms with Crippen molar-refractivity contribution in [3.05, 3.63) is 30.2 Å². The van der Waals surface area contributed by atoms with Gasteiger partial charge in [0, 0.05) is 25.6 Å². The fourth-order valence-corrected chi connectivity index (χ4v) is 2.04. The summed E-state index contributed by atoms with van der Waals surface area (Å²) >= 11 is 0. The third kappa shape index (κ3) is 2.83. The average molecular weight is 263 g/mol. The number of hydrogen-bond donors (Lipinski definition) is 0. The Morgan fingerprint density at radius 3 is 2.84 bits per heavy atom. The molecule has 0 aliphatic carbocycles. The Morgan fingerprint density at radius 1 is 1.47 bits per heavy atom. The minimum absolute atomic E-state index is 0.0639. The lowest BCUT2D eigenvalue weighted by molar-refractivity contribution is -0.140. The summed E-state index contributed by atoms with van der Waals surface area (Å²) in [4.78, 5) is 24.2. The number of aryl methyl sites for hydroxylation is 1. The monoisotopic (exact) mass is 263 g/mol. The maximum absolute atomic E-state index is 12.2. The van der Waals surface area contributed by atoms with Crippen molar-refractivity contribution in [2.24, 2.45) is 0 Å². The molecule has 0 saturated carbocycles. The first-order valence-electron chi connectivity index (χ1n) is 6.30. The summed E-state index contributed by atoms with van der Waals surface area (Å²) < 4.78 is 4.89. The maximum atomic E-state index is 12.2. The Kier molecular flexibility index (Phi) is 3.99. The smallest absolute Gasteiger partial charge is 0.294 e. The number of carbonyl (C=O) groups excluding carboxylic acids is 2. The van der Waals surface area contributed by atoms with E-state index in [-0.39, 0.29) is 17.5 Å². The highest BCUT2D eigenvalue weighted by Gasteiger charge is 2.32. The molecule has 6 heteroatoms. The lowest BCUT2D eigenvalue weighted by Crippen LogP contribution is -2.44. The van der Waals surface area contributed by atoms with E-state index in [0.717, 1.165) is 6.42 Å². The normalized spacial score (nSPS) is 14.8. The summed E-state index contributed by atoms with van der Waals surface area (Å²) in [6.07, 6.45) is 3.45. The molecule has 1 aliphatic rings. The molecule has 0 atom stereocenters. The highest BCUT2D eigenvalue weighted by atomic mass is 16.5. The Balaban J connectivity index is 2.08. The van der Waals surface area contributed by atoms with Crippen LogP contribution in [0, 0.1) is 6.92 Å². The number of rotatable bonds is 4. The molecule has 1 aliphatic heterocycles. The van der Waals surface area contributed by atoms with E-state index < -0.39 is 0 Å². The third-order valence-corrected chi connectivity index (χ3v) is 2.96. The molecule has 102 valence electrons. The van der Waals surface area contributed by atoms with Crippen LogP contribution in [0.2, 0.25) is 0 Å². The second kappa shape index (κ2) is 5.69. The Labute approximate surface area is 111 Å². The highest BCUT2D eigenvalue weighted by molar-refractivity contribution is 5.94. The molecule has 19 heavy (non-hydrogen) atoms. The predicted octanol–water partition coefficient (Wildman–Crippen LogP) is 1.54. The van der Waals surface area contributed by atoms with Gasteiger partial charge in [-0.3, -0.25) is 14.6 Å². The van der Waals surface area contributed by atoms with Gasteiger partial charge in [-0.1, -0.05) is 11.2 Å². The SMILES string of the molecule is C=CCCC(=O)N1CCCN1C(=O)c1cc(C)on1. The second-order valence-corrected chi connectivity index (χ2v) is 4.45. The zero-order valence-electron chi connectivity index (χ0n) is 11.0. The number of amides is 2. The Bertz CT molecular complexity index is 495. The molecule has 2 heterocycles. The topological polar surface area (TPSA) is 66.7 Å². The minimum atomic E-state index is -0.290. The van der Waals surface area contributed by atoms with E-state index in [0.29, 0.717) is 31.7 Å². The van der Waals surface area contributed by atoms with Crippen LogP contribution in [0.3, 0.4) is 0 Å². The first-order valence-corrected chi connectivity index (χ1v) is 6.30. The van der Waals surface area contributed by atoms with Crippen LogP contribution in [0.25, 0.3) is 0 Å². The summed E-state index contributed by atoms with van der Waals surface area (Å²) in [5, 5.41) is 6.64. The minimum Gasteiger partial charge on any atom is -0.361 e. The van der Waals surface area contributed by atoms with Crippen LogP contribution >= 0.6 is 0 Å². The van der Waals surface area contributed by atoms with Crippen LogP contribution in [0.1, 0.15) is 35.5 Å². The van der Waals surface area contributed by atoms with Gasteiger partial charge in [0.1, 0.15) is 5.76 Å². The molecule has 1 aromatic rings. The van der Waals surface area contributed by atoms with Crippen LogP contribution in [0.15, 0.2) is 23.2 Å². The van der Waals surface area contributed by atoms with E-state index in [1.54, 1.807) is 19.1 Å². The molecule has 0 unspecified atom stereocenters. The molecule has 6 nitrogen and oxygen atoms in total. The van der Waals surface area contributed by atoms with Gasteiger partial charge in [-0.25, -0.2) is 5.01 Å². The molecular formula is C13H17N3O3. The second-order valence-electron chi connectivity index (χ2n) is 4.45. The lowest BCUT2D eigenvalue weighted by Gasteiger charge is -2.27. The summed E-state index contributed by atoms with van der Waals surface area (Å²) in [7, 11) is 0. The Hall–Kier alpha value is -2.11. The molecule has 1 fully saturated rings. The van der Waals surface area contributed by atoms with Gasteiger partial charge in [0.05, 0.1) is 0 Å². The lowest BCUT2D eigenvalue weighted by atomic mass is 10.3. The fourth-order valence-electron chi connectivity index (χ4n) is 2.04. The van der Waals surface area contributed by atoms with Crippen molar-refractivity contribution in [2.45, 2.75) is 26.2 Å². The van der Waals surface area contributed by atoms with Gasteiger partial charge in [-0.05, 0) is 19.8 Å². The van der Waals surface area contributed by atoms with Crippen LogP contribution in [0.5, 0.6) is 0 Å². The average Bonchev–Trinajstić information content (AvgIpc) is 3.03. The number of aromatic nitrogens is 1. The molecule has 1 aromatic heterocycles. The van der Waals surface area contributed by atoms with E-state index >= 15 is 0 Å². The summed E-state index contributed by atoms with van der Waals surface area (Å²) in [6, 6.07) is 1.58. The van der Waals surface area contributed by atoms with Crippen molar-refractivity contribution >= 4 is 11.8 Å². The van der Waals surface area contributed by atoms with E-state index in [1.807, 2.05) is 0 Å². The van der Waals surface area contributed by atoms with Crippen LogP contribution in [-0.4, -0.2) is 40.1 Å². The molecule has 2 rings (SSSR count). The molecule has 0 N–H and O–H groups in total. The summed E-state index contributed by atoms with van der Waals surface area (Å²) in [5.41, 5.74) is 0.237. The summed E-state index contributed by atoms with van der Waals surface area (Å²) in [6.45, 7) is 6.41. The van der Waals surface area contributed by atoms with Crippen molar-refractivity contribution < 1.29 is 14.1 Å². The fraction of sp³-hybridized carbons (Fsp3) is 0.462. The third-order valence-electron chi connectivity index (χ3n) is 2.96. The number of hydrazine groups is 1. The van der Waals surface area contributed by atoms with Gasteiger partial charge >= 0.3 is 0 Å². The Morgan fingerprint density at radius 2 is 2.21 bits per heavy atom. The molecule has 1 saturated heterocycles. The standard InChI is InChI=1S/C13H17N3O3/c1-3-4-6-12(17)15-7-5-8-16(15)13(18)11-9-10(2)19-14-11/h3,9H,1,4-8H2,2H3. The van der Waals surface area contributed by atoms with Gasteiger partial charge in [-0.15, -0.1) is 6.58 Å². The molecule has 2 amide bonds. The van der Waals surface area contributed by atoms with Crippen molar-refractivity contribution in [1.29, 1.82) is 0 Å². The first-order chi connectivity index (χ1) is 9.13. The zero-order valence-corrected chi connectivity index (χ0v) is 11.0. The van der Waals surface area contributed by atoms with Crippen LogP contribution in [0.4, 0.5) is 0 Å². The van der Waals surface area contributed by atoms with Crippen molar-refractivity contribution in [3.63, 3.8) is 0 Å². The van der Waals surface area contributed by atoms with Crippen LogP contribution in [-0.2, 0) is 4.79 Å². The van der Waals surface area contributed by atoms with Gasteiger partial charge in [0.25, 0.3) is 5.91 Å². The highest BCUT2D eigenvalue weighted by Crippen LogP contribution is 2.16. The number of hydrogen-bond acceptors (Lipinski definition) is 4. The van der Waals surface area contributed by atoms with E-state index in [4.69, 9.17) is 4.52 Å². The number of nitrogens with zero attached hydrogens (tertiary/aromatic N) is 3. The predicted molar refractivity (Wildman–Crippen MR) is 68.0 cm³/mol. The van der Waals surface area contributed by atoms with Gasteiger partial charge in [-0.2, -0.15) is 0 Å². The molecule has 0 spiro atoms. The molecule has 0 radical (unpaired) electrons. The van der Waals surface area contributed by atoms with Crippen LogP contribution < -0.4 is 0 Å². The quantitative estimate of drug-likeness (QED) is 0.773. The van der Waals surface area contributed by atoms with E-state index in [1.165, 1.54) is 10.0 Å². The largest absolute Gasteiger partial charge is 0.361 e. The zero-order chi connectivity index (χ0) is 13.8.